The molecule has 1 saturated heterocycles. The molecule has 1 N–H and O–H groups in total. The van der Waals surface area contributed by atoms with E-state index in [9.17, 15) is 4.79 Å². The first-order chi connectivity index (χ1) is 14.8. The lowest BCUT2D eigenvalue weighted by Crippen LogP contribution is -2.52. The van der Waals surface area contributed by atoms with Crippen LogP contribution in [0.1, 0.15) is 71.3 Å². The van der Waals surface area contributed by atoms with Gasteiger partial charge in [0.25, 0.3) is 0 Å². The molecule has 0 aliphatic carbocycles. The highest BCUT2D eigenvalue weighted by Crippen LogP contribution is 2.12. The number of esters is 1. The Morgan fingerprint density at radius 3 is 2.47 bits per heavy atom. The van der Waals surface area contributed by atoms with Crippen molar-refractivity contribution in [3.63, 3.8) is 0 Å². The summed E-state index contributed by atoms with van der Waals surface area (Å²) in [7, 11) is 0. The van der Waals surface area contributed by atoms with E-state index in [-0.39, 0.29) is 29.9 Å². The van der Waals surface area contributed by atoms with Gasteiger partial charge in [-0.1, -0.05) is 18.0 Å². The Morgan fingerprint density at radius 2 is 1.88 bits per heavy atom. The lowest BCUT2D eigenvalue weighted by molar-refractivity contribution is -0.154. The van der Waals surface area contributed by atoms with Gasteiger partial charge >= 0.3 is 5.97 Å². The average molecular weight is 564 g/mol. The summed E-state index contributed by atoms with van der Waals surface area (Å²) in [6, 6.07) is 2.01. The summed E-state index contributed by atoms with van der Waals surface area (Å²) in [5.74, 6) is 1.77. The van der Waals surface area contributed by atoms with Crippen molar-refractivity contribution in [1.29, 1.82) is 0 Å². The number of guanidine groups is 1. The molecule has 0 bridgehead atoms. The number of aryl methyl sites for hydroxylation is 1. The summed E-state index contributed by atoms with van der Waals surface area (Å²) in [5.41, 5.74) is 0.605. The van der Waals surface area contributed by atoms with Gasteiger partial charge in [0.2, 0.25) is 0 Å². The minimum absolute atomic E-state index is 0. The summed E-state index contributed by atoms with van der Waals surface area (Å²) >= 11 is 0. The number of piperazine rings is 1. The van der Waals surface area contributed by atoms with E-state index in [0.29, 0.717) is 6.42 Å². The number of nitrogens with zero attached hydrogens (tertiary/aromatic N) is 4. The molecule has 1 aromatic heterocycles. The largest absolute Gasteiger partial charge is 0.460 e. The molecule has 1 aliphatic rings. The highest BCUT2D eigenvalue weighted by Gasteiger charge is 2.20. The van der Waals surface area contributed by atoms with Gasteiger partial charge in [-0.25, -0.2) is 0 Å². The number of carbonyl (C=O) groups excluding carboxylic acids is 1. The van der Waals surface area contributed by atoms with Crippen molar-refractivity contribution < 1.29 is 14.1 Å². The molecule has 8 nitrogen and oxygen atoms in total. The molecule has 1 fully saturated rings. The van der Waals surface area contributed by atoms with Crippen LogP contribution in [-0.4, -0.2) is 71.8 Å². The van der Waals surface area contributed by atoms with Crippen molar-refractivity contribution in [3.05, 3.63) is 17.5 Å². The van der Waals surface area contributed by atoms with E-state index < -0.39 is 5.60 Å². The number of aromatic nitrogens is 1. The van der Waals surface area contributed by atoms with Crippen LogP contribution in [0.25, 0.3) is 0 Å². The third-order valence-corrected chi connectivity index (χ3v) is 5.04. The summed E-state index contributed by atoms with van der Waals surface area (Å²) < 4.78 is 10.5. The van der Waals surface area contributed by atoms with Crippen molar-refractivity contribution >= 4 is 35.9 Å². The van der Waals surface area contributed by atoms with Crippen LogP contribution in [0.3, 0.4) is 0 Å². The quantitative estimate of drug-likeness (QED) is 0.152. The highest BCUT2D eigenvalue weighted by atomic mass is 127. The molecule has 0 amide bonds. The summed E-state index contributed by atoms with van der Waals surface area (Å²) in [6.07, 6.45) is 4.53. The molecule has 0 spiro atoms. The molecule has 32 heavy (non-hydrogen) atoms. The van der Waals surface area contributed by atoms with Crippen molar-refractivity contribution in [2.24, 2.45) is 4.99 Å². The number of ether oxygens (including phenoxy) is 1. The Bertz CT molecular complexity index is 694. The van der Waals surface area contributed by atoms with Crippen molar-refractivity contribution in [2.45, 2.75) is 78.9 Å². The van der Waals surface area contributed by atoms with Crippen LogP contribution in [-0.2, 0) is 16.1 Å². The van der Waals surface area contributed by atoms with Gasteiger partial charge < -0.3 is 19.5 Å². The molecule has 1 aromatic rings. The van der Waals surface area contributed by atoms with E-state index in [2.05, 4.69) is 27.2 Å². The van der Waals surface area contributed by atoms with E-state index in [4.69, 9.17) is 14.3 Å². The molecule has 0 aromatic carbocycles. The van der Waals surface area contributed by atoms with Crippen LogP contribution in [0.4, 0.5) is 0 Å². The Hall–Kier alpha value is -1.36. The van der Waals surface area contributed by atoms with E-state index in [1.54, 1.807) is 0 Å². The zero-order valence-electron chi connectivity index (χ0n) is 20.5. The van der Waals surface area contributed by atoms with Crippen LogP contribution < -0.4 is 5.32 Å². The lowest BCUT2D eigenvalue weighted by atomic mass is 10.1. The van der Waals surface area contributed by atoms with Crippen LogP contribution in [0.15, 0.2) is 15.6 Å². The van der Waals surface area contributed by atoms with Crippen LogP contribution in [0.5, 0.6) is 0 Å². The minimum Gasteiger partial charge on any atom is -0.460 e. The van der Waals surface area contributed by atoms with Crippen molar-refractivity contribution in [2.75, 3.05) is 39.3 Å². The molecular formula is C23H42IN5O3. The number of rotatable bonds is 10. The Balaban J connectivity index is 0.00000512. The van der Waals surface area contributed by atoms with E-state index in [1.807, 2.05) is 33.8 Å². The van der Waals surface area contributed by atoms with Crippen LogP contribution >= 0.6 is 24.0 Å². The standard InChI is InChI=1S/C23H41N5O3.HI/c1-6-24-22(25-12-10-8-7-9-11-21(29)30-23(3,4)5)28-15-13-27(14-16-28)18-20-17-19(2)31-26-20;/h17H,6-16,18H2,1-5H3,(H,24,25);1H. The number of unbranched alkanes of at least 4 members (excludes halogenated alkanes) is 3. The van der Waals surface area contributed by atoms with Gasteiger partial charge in [-0.3, -0.25) is 14.7 Å². The Kier molecular flexibility index (Phi) is 13.2. The van der Waals surface area contributed by atoms with Crippen LogP contribution in [0, 0.1) is 6.92 Å². The van der Waals surface area contributed by atoms with Crippen LogP contribution in [0.2, 0.25) is 0 Å². The molecule has 184 valence electrons. The maximum absolute atomic E-state index is 11.7. The second-order valence-electron chi connectivity index (χ2n) is 9.18. The predicted molar refractivity (Wildman–Crippen MR) is 138 cm³/mol. The van der Waals surface area contributed by atoms with Gasteiger partial charge in [0, 0.05) is 58.3 Å². The average Bonchev–Trinajstić information content (AvgIpc) is 3.10. The summed E-state index contributed by atoms with van der Waals surface area (Å²) in [4.78, 5) is 21.3. The number of halogens is 1. The fraction of sp³-hybridized carbons (Fsp3) is 0.783. The molecule has 0 radical (unpaired) electrons. The SMILES string of the molecule is CCNC(=NCCCCCCC(=O)OC(C)(C)C)N1CCN(Cc2cc(C)on2)CC1.I. The van der Waals surface area contributed by atoms with Gasteiger partial charge in [0.1, 0.15) is 11.4 Å². The number of carbonyl (C=O) groups is 1. The Labute approximate surface area is 210 Å². The maximum Gasteiger partial charge on any atom is 0.306 e. The smallest absolute Gasteiger partial charge is 0.306 e. The number of nitrogens with one attached hydrogen (secondary N) is 1. The van der Waals surface area contributed by atoms with Gasteiger partial charge in [-0.05, 0) is 47.5 Å². The molecule has 1 aliphatic heterocycles. The highest BCUT2D eigenvalue weighted by molar-refractivity contribution is 14.0. The number of aliphatic imine (C=N–C) groups is 1. The first-order valence-corrected chi connectivity index (χ1v) is 11.7. The second-order valence-corrected chi connectivity index (χ2v) is 9.18. The minimum atomic E-state index is -0.394. The fourth-order valence-electron chi connectivity index (χ4n) is 3.58. The van der Waals surface area contributed by atoms with E-state index in [1.165, 1.54) is 0 Å². The van der Waals surface area contributed by atoms with E-state index >= 15 is 0 Å². The third-order valence-electron chi connectivity index (χ3n) is 5.04. The molecule has 0 atom stereocenters. The third kappa shape index (κ3) is 11.5. The van der Waals surface area contributed by atoms with Gasteiger partial charge in [-0.15, -0.1) is 24.0 Å². The fourth-order valence-corrected chi connectivity index (χ4v) is 3.58. The second kappa shape index (κ2) is 14.7. The first kappa shape index (κ1) is 28.7. The zero-order valence-corrected chi connectivity index (χ0v) is 22.8. The number of hydrogen-bond acceptors (Lipinski definition) is 6. The van der Waals surface area contributed by atoms with Gasteiger partial charge in [-0.2, -0.15) is 0 Å². The number of hydrogen-bond donors (Lipinski definition) is 1. The first-order valence-electron chi connectivity index (χ1n) is 11.7. The summed E-state index contributed by atoms with van der Waals surface area (Å²) in [5, 5.41) is 7.53. The monoisotopic (exact) mass is 563 g/mol. The predicted octanol–water partition coefficient (Wildman–Crippen LogP) is 3.98. The lowest BCUT2D eigenvalue weighted by Gasteiger charge is -2.36. The van der Waals surface area contributed by atoms with Gasteiger partial charge in [0.05, 0.1) is 5.69 Å². The molecule has 2 heterocycles. The summed E-state index contributed by atoms with van der Waals surface area (Å²) in [6.45, 7) is 16.2. The maximum atomic E-state index is 11.7. The molecule has 0 saturated carbocycles. The van der Waals surface area contributed by atoms with E-state index in [0.717, 1.165) is 88.9 Å². The topological polar surface area (TPSA) is 83.2 Å². The molecule has 2 rings (SSSR count). The molecule has 0 unspecified atom stereocenters. The molecular weight excluding hydrogens is 521 g/mol. The zero-order chi connectivity index (χ0) is 22.7. The van der Waals surface area contributed by atoms with Crippen molar-refractivity contribution in [3.8, 4) is 0 Å². The van der Waals surface area contributed by atoms with Crippen molar-refractivity contribution in [1.82, 2.24) is 20.3 Å². The van der Waals surface area contributed by atoms with Gasteiger partial charge in [0.15, 0.2) is 5.96 Å². The Morgan fingerprint density at radius 1 is 1.19 bits per heavy atom. The normalized spacial score (nSPS) is 15.4. The molecule has 9 heteroatoms.